The summed E-state index contributed by atoms with van der Waals surface area (Å²) in [6, 6.07) is 14.0. The Labute approximate surface area is 184 Å². The van der Waals surface area contributed by atoms with Crippen LogP contribution < -0.4 is 15.0 Å². The molecule has 0 spiro atoms. The van der Waals surface area contributed by atoms with Gasteiger partial charge in [0.1, 0.15) is 5.75 Å². The summed E-state index contributed by atoms with van der Waals surface area (Å²) in [4.78, 5) is 31.0. The summed E-state index contributed by atoms with van der Waals surface area (Å²) in [7, 11) is 3.34. The fourth-order valence-electron chi connectivity index (χ4n) is 3.63. The molecule has 1 aliphatic heterocycles. The van der Waals surface area contributed by atoms with Crippen molar-refractivity contribution in [2.24, 2.45) is 0 Å². The minimum absolute atomic E-state index is 0.0397. The Kier molecular flexibility index (Phi) is 7.52. The number of anilines is 2. The van der Waals surface area contributed by atoms with Crippen LogP contribution in [0.25, 0.3) is 0 Å². The van der Waals surface area contributed by atoms with Gasteiger partial charge >= 0.3 is 0 Å². The zero-order chi connectivity index (χ0) is 22.4. The first-order valence-electron chi connectivity index (χ1n) is 10.6. The van der Waals surface area contributed by atoms with E-state index in [2.05, 4.69) is 27.2 Å². The number of ether oxygens (including phenoxy) is 1. The van der Waals surface area contributed by atoms with E-state index in [4.69, 9.17) is 4.74 Å². The Morgan fingerprint density at radius 2 is 1.71 bits per heavy atom. The quantitative estimate of drug-likeness (QED) is 0.740. The van der Waals surface area contributed by atoms with Crippen LogP contribution in [0.1, 0.15) is 11.1 Å². The summed E-state index contributed by atoms with van der Waals surface area (Å²) in [5.74, 6) is 0.612. The number of rotatable bonds is 7. The molecule has 7 heteroatoms. The molecule has 0 saturated carbocycles. The summed E-state index contributed by atoms with van der Waals surface area (Å²) in [5, 5.41) is 2.91. The van der Waals surface area contributed by atoms with Crippen LogP contribution in [0.2, 0.25) is 0 Å². The van der Waals surface area contributed by atoms with Crippen molar-refractivity contribution in [3.63, 3.8) is 0 Å². The number of nitrogens with zero attached hydrogens (tertiary/aromatic N) is 3. The van der Waals surface area contributed by atoms with Gasteiger partial charge in [0.05, 0.1) is 20.2 Å². The lowest BCUT2D eigenvalue weighted by Gasteiger charge is -2.36. The first-order chi connectivity index (χ1) is 14.9. The van der Waals surface area contributed by atoms with Gasteiger partial charge in [-0.05, 0) is 55.3 Å². The third-order valence-electron chi connectivity index (χ3n) is 5.64. The van der Waals surface area contributed by atoms with Crippen LogP contribution in [-0.4, -0.2) is 75.0 Å². The maximum absolute atomic E-state index is 12.6. The monoisotopic (exact) mass is 424 g/mol. The normalized spacial score (nSPS) is 14.3. The van der Waals surface area contributed by atoms with Gasteiger partial charge in [-0.15, -0.1) is 0 Å². The van der Waals surface area contributed by atoms with Gasteiger partial charge in [0.2, 0.25) is 11.8 Å². The SMILES string of the molecule is COc1ccc(N2CCN(CC(=O)N(C)CC(=O)Nc3cc(C)ccc3C)CC2)cc1. The molecule has 0 aliphatic carbocycles. The summed E-state index contributed by atoms with van der Waals surface area (Å²) in [6.45, 7) is 7.63. The molecule has 0 aromatic heterocycles. The minimum Gasteiger partial charge on any atom is -0.497 e. The molecule has 0 bridgehead atoms. The lowest BCUT2D eigenvalue weighted by atomic mass is 10.1. The highest BCUT2D eigenvalue weighted by molar-refractivity contribution is 5.95. The first kappa shape index (κ1) is 22.6. The van der Waals surface area contributed by atoms with Gasteiger partial charge in [-0.1, -0.05) is 12.1 Å². The van der Waals surface area contributed by atoms with Gasteiger partial charge in [-0.2, -0.15) is 0 Å². The van der Waals surface area contributed by atoms with Gasteiger partial charge in [-0.25, -0.2) is 0 Å². The molecule has 1 fully saturated rings. The Morgan fingerprint density at radius 1 is 1.03 bits per heavy atom. The molecule has 0 radical (unpaired) electrons. The van der Waals surface area contributed by atoms with E-state index in [9.17, 15) is 9.59 Å². The van der Waals surface area contributed by atoms with Gasteiger partial charge in [-0.3, -0.25) is 14.5 Å². The van der Waals surface area contributed by atoms with Crippen molar-refractivity contribution in [1.29, 1.82) is 0 Å². The predicted molar refractivity (Wildman–Crippen MR) is 124 cm³/mol. The molecule has 2 amide bonds. The van der Waals surface area contributed by atoms with E-state index < -0.39 is 0 Å². The second kappa shape index (κ2) is 10.3. The lowest BCUT2D eigenvalue weighted by Crippen LogP contribution is -2.50. The van der Waals surface area contributed by atoms with Crippen LogP contribution in [0.4, 0.5) is 11.4 Å². The highest BCUT2D eigenvalue weighted by Crippen LogP contribution is 2.20. The third-order valence-corrected chi connectivity index (χ3v) is 5.64. The number of carbonyl (C=O) groups is 2. The number of hydrogen-bond donors (Lipinski definition) is 1. The topological polar surface area (TPSA) is 65.1 Å². The Hall–Kier alpha value is -3.06. The molecule has 3 rings (SSSR count). The number of piperazine rings is 1. The van der Waals surface area contributed by atoms with Crippen molar-refractivity contribution < 1.29 is 14.3 Å². The number of aryl methyl sites for hydroxylation is 2. The van der Waals surface area contributed by atoms with E-state index in [1.807, 2.05) is 44.2 Å². The summed E-state index contributed by atoms with van der Waals surface area (Å²) in [6.07, 6.45) is 0. The number of amides is 2. The largest absolute Gasteiger partial charge is 0.497 e. The van der Waals surface area contributed by atoms with E-state index in [1.54, 1.807) is 14.2 Å². The Morgan fingerprint density at radius 3 is 2.35 bits per heavy atom. The molecular formula is C24H32N4O3. The number of methoxy groups -OCH3 is 1. The Balaban J connectivity index is 1.44. The molecular weight excluding hydrogens is 392 g/mol. The van der Waals surface area contributed by atoms with E-state index in [0.29, 0.717) is 6.54 Å². The van der Waals surface area contributed by atoms with Crippen molar-refractivity contribution in [3.05, 3.63) is 53.6 Å². The highest BCUT2D eigenvalue weighted by Gasteiger charge is 2.21. The smallest absolute Gasteiger partial charge is 0.243 e. The zero-order valence-corrected chi connectivity index (χ0v) is 18.9. The van der Waals surface area contributed by atoms with E-state index in [0.717, 1.165) is 54.4 Å². The van der Waals surface area contributed by atoms with Crippen LogP contribution in [-0.2, 0) is 9.59 Å². The van der Waals surface area contributed by atoms with Gasteiger partial charge in [0, 0.05) is 44.6 Å². The number of benzene rings is 2. The van der Waals surface area contributed by atoms with E-state index in [-0.39, 0.29) is 18.4 Å². The average Bonchev–Trinajstić information content (AvgIpc) is 2.76. The maximum Gasteiger partial charge on any atom is 0.243 e. The van der Waals surface area contributed by atoms with Gasteiger partial charge < -0.3 is 19.9 Å². The standard InChI is InChI=1S/C24H32N4O3/c1-18-5-6-19(2)22(15-18)25-23(29)16-26(3)24(30)17-27-11-13-28(14-12-27)20-7-9-21(31-4)10-8-20/h5-10,15H,11-14,16-17H2,1-4H3,(H,25,29). The number of hydrogen-bond acceptors (Lipinski definition) is 5. The van der Waals surface area contributed by atoms with Crippen LogP contribution in [0.5, 0.6) is 5.75 Å². The summed E-state index contributed by atoms with van der Waals surface area (Å²) < 4.78 is 5.21. The van der Waals surface area contributed by atoms with Crippen LogP contribution in [0.3, 0.4) is 0 Å². The molecule has 1 N–H and O–H groups in total. The molecule has 31 heavy (non-hydrogen) atoms. The molecule has 0 unspecified atom stereocenters. The summed E-state index contributed by atoms with van der Waals surface area (Å²) >= 11 is 0. The molecule has 0 atom stereocenters. The molecule has 1 heterocycles. The van der Waals surface area contributed by atoms with Crippen LogP contribution in [0, 0.1) is 13.8 Å². The van der Waals surface area contributed by atoms with Crippen molar-refractivity contribution in [2.75, 3.05) is 63.6 Å². The zero-order valence-electron chi connectivity index (χ0n) is 18.9. The van der Waals surface area contributed by atoms with Crippen LogP contribution >= 0.6 is 0 Å². The fraction of sp³-hybridized carbons (Fsp3) is 0.417. The lowest BCUT2D eigenvalue weighted by molar-refractivity contribution is -0.134. The molecule has 2 aromatic carbocycles. The molecule has 166 valence electrons. The molecule has 1 saturated heterocycles. The summed E-state index contributed by atoms with van der Waals surface area (Å²) in [5.41, 5.74) is 4.04. The minimum atomic E-state index is -0.186. The van der Waals surface area contributed by atoms with Crippen molar-refractivity contribution in [2.45, 2.75) is 13.8 Å². The first-order valence-corrected chi connectivity index (χ1v) is 10.6. The van der Waals surface area contributed by atoms with Gasteiger partial charge in [0.25, 0.3) is 0 Å². The highest BCUT2D eigenvalue weighted by atomic mass is 16.5. The van der Waals surface area contributed by atoms with E-state index in [1.165, 1.54) is 4.90 Å². The second-order valence-electron chi connectivity index (χ2n) is 8.08. The van der Waals surface area contributed by atoms with Gasteiger partial charge in [0.15, 0.2) is 0 Å². The molecule has 1 aliphatic rings. The average molecular weight is 425 g/mol. The maximum atomic E-state index is 12.6. The van der Waals surface area contributed by atoms with Crippen molar-refractivity contribution in [3.8, 4) is 5.75 Å². The predicted octanol–water partition coefficient (Wildman–Crippen LogP) is 2.53. The Bertz CT molecular complexity index is 906. The molecule has 2 aromatic rings. The van der Waals surface area contributed by atoms with E-state index >= 15 is 0 Å². The second-order valence-corrected chi connectivity index (χ2v) is 8.08. The number of likely N-dealkylation sites (N-methyl/N-ethyl adjacent to an activating group) is 1. The number of nitrogens with one attached hydrogen (secondary N) is 1. The molecule has 7 nitrogen and oxygen atoms in total. The van der Waals surface area contributed by atoms with Crippen molar-refractivity contribution in [1.82, 2.24) is 9.80 Å². The van der Waals surface area contributed by atoms with Crippen molar-refractivity contribution >= 4 is 23.2 Å². The van der Waals surface area contributed by atoms with Crippen LogP contribution in [0.15, 0.2) is 42.5 Å². The fourth-order valence-corrected chi connectivity index (χ4v) is 3.63. The third kappa shape index (κ3) is 6.21. The number of carbonyl (C=O) groups excluding carboxylic acids is 2.